The minimum absolute atomic E-state index is 0.0835. The summed E-state index contributed by atoms with van der Waals surface area (Å²) in [6, 6.07) is 6.06. The number of ether oxygens (including phenoxy) is 1. The molecule has 0 heterocycles. The van der Waals surface area contributed by atoms with Crippen LogP contribution in [0, 0.1) is 0 Å². The lowest BCUT2D eigenvalue weighted by molar-refractivity contribution is -0.0502. The van der Waals surface area contributed by atoms with Gasteiger partial charge in [0.2, 0.25) is 0 Å². The molecule has 0 spiro atoms. The average molecular weight is 350 g/mol. The fraction of sp³-hybridized carbons (Fsp3) is 0.500. The molecule has 0 aliphatic heterocycles. The molecular formula is C14H18BrF2NO2. The number of carbonyl (C=O) groups excluding carboxylic acids is 1. The molecule has 0 saturated heterocycles. The molecule has 0 radical (unpaired) electrons. The van der Waals surface area contributed by atoms with Crippen molar-refractivity contribution in [2.75, 3.05) is 18.9 Å². The second-order valence-corrected chi connectivity index (χ2v) is 5.14. The number of hydrogen-bond acceptors (Lipinski definition) is 2. The number of halogens is 3. The van der Waals surface area contributed by atoms with Crippen LogP contribution in [0.4, 0.5) is 8.78 Å². The van der Waals surface area contributed by atoms with Crippen molar-refractivity contribution in [1.82, 2.24) is 4.90 Å². The summed E-state index contributed by atoms with van der Waals surface area (Å²) in [5.41, 5.74) is 0.163. The van der Waals surface area contributed by atoms with Gasteiger partial charge in [-0.05, 0) is 25.0 Å². The summed E-state index contributed by atoms with van der Waals surface area (Å²) in [6.45, 7) is -2.34. The molecule has 1 aromatic carbocycles. The van der Waals surface area contributed by atoms with Crippen molar-refractivity contribution in [2.24, 2.45) is 0 Å². The van der Waals surface area contributed by atoms with Crippen molar-refractivity contribution in [3.63, 3.8) is 0 Å². The van der Waals surface area contributed by atoms with Crippen molar-refractivity contribution in [3.8, 4) is 5.75 Å². The third kappa shape index (κ3) is 5.45. The quantitative estimate of drug-likeness (QED) is 0.525. The second-order valence-electron chi connectivity index (χ2n) is 4.35. The molecule has 0 bridgehead atoms. The SMILES string of the molecule is CN(CCCCCBr)C(=O)c1ccccc1OC(F)F. The van der Waals surface area contributed by atoms with Crippen LogP contribution in [0.25, 0.3) is 0 Å². The van der Waals surface area contributed by atoms with Crippen LogP contribution in [0.1, 0.15) is 29.6 Å². The molecular weight excluding hydrogens is 332 g/mol. The molecule has 112 valence electrons. The van der Waals surface area contributed by atoms with Crippen LogP contribution in [-0.2, 0) is 0 Å². The van der Waals surface area contributed by atoms with Gasteiger partial charge in [0.25, 0.3) is 5.91 Å². The van der Waals surface area contributed by atoms with E-state index in [0.29, 0.717) is 6.54 Å². The van der Waals surface area contributed by atoms with Gasteiger partial charge in [-0.1, -0.05) is 34.5 Å². The van der Waals surface area contributed by atoms with Crippen molar-refractivity contribution in [1.29, 1.82) is 0 Å². The number of amides is 1. The largest absolute Gasteiger partial charge is 0.434 e. The molecule has 0 atom stereocenters. The number of hydrogen-bond donors (Lipinski definition) is 0. The van der Waals surface area contributed by atoms with E-state index < -0.39 is 6.61 Å². The highest BCUT2D eigenvalue weighted by Gasteiger charge is 2.18. The molecule has 1 amide bonds. The van der Waals surface area contributed by atoms with Crippen molar-refractivity contribution >= 4 is 21.8 Å². The van der Waals surface area contributed by atoms with E-state index in [-0.39, 0.29) is 17.2 Å². The van der Waals surface area contributed by atoms with Gasteiger partial charge in [-0.15, -0.1) is 0 Å². The van der Waals surface area contributed by atoms with Gasteiger partial charge in [0.05, 0.1) is 5.56 Å². The number of rotatable bonds is 8. The zero-order valence-electron chi connectivity index (χ0n) is 11.3. The number of benzene rings is 1. The van der Waals surface area contributed by atoms with Crippen LogP contribution >= 0.6 is 15.9 Å². The molecule has 0 fully saturated rings. The zero-order valence-corrected chi connectivity index (χ0v) is 12.9. The maximum Gasteiger partial charge on any atom is 0.387 e. The van der Waals surface area contributed by atoms with Crippen LogP contribution < -0.4 is 4.74 Å². The van der Waals surface area contributed by atoms with E-state index in [1.54, 1.807) is 19.2 Å². The smallest absolute Gasteiger partial charge is 0.387 e. The Morgan fingerprint density at radius 3 is 2.65 bits per heavy atom. The normalized spacial score (nSPS) is 10.7. The predicted octanol–water partition coefficient (Wildman–Crippen LogP) is 3.93. The van der Waals surface area contributed by atoms with Gasteiger partial charge in [-0.3, -0.25) is 4.79 Å². The first kappa shape index (κ1) is 16.9. The van der Waals surface area contributed by atoms with E-state index >= 15 is 0 Å². The lowest BCUT2D eigenvalue weighted by Crippen LogP contribution is -2.28. The van der Waals surface area contributed by atoms with Crippen molar-refractivity contribution < 1.29 is 18.3 Å². The van der Waals surface area contributed by atoms with Gasteiger partial charge in [0, 0.05) is 18.9 Å². The second kappa shape index (κ2) is 8.89. The number of alkyl halides is 3. The molecule has 1 rings (SSSR count). The minimum Gasteiger partial charge on any atom is -0.434 e. The average Bonchev–Trinajstić information content (AvgIpc) is 2.42. The first-order valence-corrected chi connectivity index (χ1v) is 7.53. The van der Waals surface area contributed by atoms with Crippen molar-refractivity contribution in [2.45, 2.75) is 25.9 Å². The summed E-state index contributed by atoms with van der Waals surface area (Å²) in [6.07, 6.45) is 2.94. The third-order valence-electron chi connectivity index (χ3n) is 2.81. The molecule has 0 N–H and O–H groups in total. The molecule has 0 aromatic heterocycles. The lowest BCUT2D eigenvalue weighted by atomic mass is 10.1. The van der Waals surface area contributed by atoms with Crippen LogP contribution in [-0.4, -0.2) is 36.3 Å². The number of para-hydroxylation sites is 1. The van der Waals surface area contributed by atoms with E-state index in [9.17, 15) is 13.6 Å². The summed E-state index contributed by atoms with van der Waals surface area (Å²) in [7, 11) is 1.66. The Morgan fingerprint density at radius 2 is 2.00 bits per heavy atom. The molecule has 6 heteroatoms. The van der Waals surface area contributed by atoms with Gasteiger partial charge >= 0.3 is 6.61 Å². The number of unbranched alkanes of at least 4 members (excludes halogenated alkanes) is 2. The Kier molecular flexibility index (Phi) is 7.51. The molecule has 0 aliphatic rings. The Hall–Kier alpha value is -1.17. The maximum atomic E-state index is 12.3. The Bertz CT molecular complexity index is 429. The highest BCUT2D eigenvalue weighted by Crippen LogP contribution is 2.21. The van der Waals surface area contributed by atoms with Crippen molar-refractivity contribution in [3.05, 3.63) is 29.8 Å². The molecule has 0 unspecified atom stereocenters. The van der Waals surface area contributed by atoms with Crippen LogP contribution in [0.2, 0.25) is 0 Å². The number of carbonyl (C=O) groups is 1. The standard InChI is InChI=1S/C14H18BrF2NO2/c1-18(10-6-2-5-9-15)13(19)11-7-3-4-8-12(11)20-14(16)17/h3-4,7-8,14H,2,5-6,9-10H2,1H3. The van der Waals surface area contributed by atoms with E-state index in [2.05, 4.69) is 20.7 Å². The maximum absolute atomic E-state index is 12.3. The van der Waals surface area contributed by atoms with Crippen LogP contribution in [0.15, 0.2) is 24.3 Å². The van der Waals surface area contributed by atoms with Gasteiger partial charge in [0.1, 0.15) is 5.75 Å². The third-order valence-corrected chi connectivity index (χ3v) is 3.37. The lowest BCUT2D eigenvalue weighted by Gasteiger charge is -2.18. The van der Waals surface area contributed by atoms with E-state index in [4.69, 9.17) is 0 Å². The van der Waals surface area contributed by atoms with Crippen LogP contribution in [0.3, 0.4) is 0 Å². The summed E-state index contributed by atoms with van der Waals surface area (Å²) in [5.74, 6) is -0.389. The number of nitrogens with zero attached hydrogens (tertiary/aromatic N) is 1. The Morgan fingerprint density at radius 1 is 1.30 bits per heavy atom. The van der Waals surface area contributed by atoms with E-state index in [0.717, 1.165) is 24.6 Å². The first-order valence-electron chi connectivity index (χ1n) is 6.41. The molecule has 20 heavy (non-hydrogen) atoms. The highest BCUT2D eigenvalue weighted by atomic mass is 79.9. The van der Waals surface area contributed by atoms with Gasteiger partial charge in [-0.2, -0.15) is 8.78 Å². The molecule has 1 aromatic rings. The zero-order chi connectivity index (χ0) is 15.0. The molecule has 3 nitrogen and oxygen atoms in total. The predicted molar refractivity (Wildman–Crippen MR) is 77.7 cm³/mol. The van der Waals surface area contributed by atoms with Gasteiger partial charge in [0.15, 0.2) is 0 Å². The fourth-order valence-electron chi connectivity index (χ4n) is 1.77. The van der Waals surface area contributed by atoms with E-state index in [1.165, 1.54) is 17.0 Å². The summed E-state index contributed by atoms with van der Waals surface area (Å²) >= 11 is 3.35. The Labute approximate surface area is 126 Å². The first-order chi connectivity index (χ1) is 9.56. The van der Waals surface area contributed by atoms with Crippen LogP contribution in [0.5, 0.6) is 5.75 Å². The van der Waals surface area contributed by atoms with E-state index in [1.807, 2.05) is 0 Å². The molecule has 0 aliphatic carbocycles. The Balaban J connectivity index is 2.66. The summed E-state index contributed by atoms with van der Waals surface area (Å²) in [4.78, 5) is 13.7. The summed E-state index contributed by atoms with van der Waals surface area (Å²) < 4.78 is 29.0. The van der Waals surface area contributed by atoms with Gasteiger partial charge in [-0.25, -0.2) is 0 Å². The summed E-state index contributed by atoms with van der Waals surface area (Å²) in [5, 5.41) is 0.940. The fourth-order valence-corrected chi connectivity index (χ4v) is 2.17. The monoisotopic (exact) mass is 349 g/mol. The molecule has 0 saturated carbocycles. The highest BCUT2D eigenvalue weighted by molar-refractivity contribution is 9.09. The minimum atomic E-state index is -2.94. The van der Waals surface area contributed by atoms with Gasteiger partial charge < -0.3 is 9.64 Å². The topological polar surface area (TPSA) is 29.5 Å².